The summed E-state index contributed by atoms with van der Waals surface area (Å²) in [5.41, 5.74) is 0.725. The van der Waals surface area contributed by atoms with Crippen molar-refractivity contribution in [3.8, 4) is 11.4 Å². The predicted molar refractivity (Wildman–Crippen MR) is 117 cm³/mol. The Hall–Kier alpha value is -3.18. The van der Waals surface area contributed by atoms with Crippen molar-refractivity contribution in [2.24, 2.45) is 0 Å². The Morgan fingerprint density at radius 2 is 1.82 bits per heavy atom. The van der Waals surface area contributed by atoms with Crippen LogP contribution in [0.2, 0.25) is 0 Å². The number of carbonyl (C=O) groups is 1. The van der Waals surface area contributed by atoms with Gasteiger partial charge in [0.1, 0.15) is 16.5 Å². The standard InChI is InChI=1S/C23H23F2N3O5S/c1-14-6-7-16(12-19(14)25)21-26-22(33-27-21)15(2)32-23(29)17-8-9-18(24)20(13-17)34(30,31)28-10-4-3-5-11-28/h6-9,12-13,15H,3-5,10-11H2,1-2H3. The van der Waals surface area contributed by atoms with E-state index in [1.165, 1.54) is 17.3 Å². The fourth-order valence-electron chi connectivity index (χ4n) is 3.60. The quantitative estimate of drug-likeness (QED) is 0.471. The number of nitrogens with zero attached hydrogens (tertiary/aromatic N) is 3. The minimum Gasteiger partial charge on any atom is -0.449 e. The highest BCUT2D eigenvalue weighted by molar-refractivity contribution is 7.89. The fraction of sp³-hybridized carbons (Fsp3) is 0.348. The third-order valence-electron chi connectivity index (χ3n) is 5.60. The van der Waals surface area contributed by atoms with Gasteiger partial charge in [0.2, 0.25) is 15.8 Å². The van der Waals surface area contributed by atoms with Gasteiger partial charge in [-0.05, 0) is 56.5 Å². The molecule has 3 aromatic rings. The molecule has 0 spiro atoms. The molecule has 1 unspecified atom stereocenters. The zero-order chi connectivity index (χ0) is 24.5. The lowest BCUT2D eigenvalue weighted by Gasteiger charge is -2.26. The molecule has 180 valence electrons. The number of rotatable bonds is 6. The van der Waals surface area contributed by atoms with Gasteiger partial charge in [-0.25, -0.2) is 22.0 Å². The first-order chi connectivity index (χ1) is 16.2. The van der Waals surface area contributed by atoms with Gasteiger partial charge in [0.15, 0.2) is 6.10 Å². The van der Waals surface area contributed by atoms with E-state index in [2.05, 4.69) is 10.1 Å². The van der Waals surface area contributed by atoms with E-state index in [9.17, 15) is 22.0 Å². The molecule has 2 aromatic carbocycles. The molecule has 11 heteroatoms. The summed E-state index contributed by atoms with van der Waals surface area (Å²) in [5, 5.41) is 3.79. The molecule has 0 aliphatic carbocycles. The van der Waals surface area contributed by atoms with Gasteiger partial charge in [-0.15, -0.1) is 0 Å². The molecule has 1 aliphatic heterocycles. The molecule has 1 aliphatic rings. The maximum Gasteiger partial charge on any atom is 0.338 e. The first-order valence-corrected chi connectivity index (χ1v) is 12.2. The maximum atomic E-state index is 14.4. The molecule has 1 fully saturated rings. The summed E-state index contributed by atoms with van der Waals surface area (Å²) in [4.78, 5) is 16.2. The van der Waals surface area contributed by atoms with Crippen molar-refractivity contribution in [3.05, 3.63) is 65.1 Å². The number of aromatic nitrogens is 2. The smallest absolute Gasteiger partial charge is 0.338 e. The molecule has 4 rings (SSSR count). The second-order valence-corrected chi connectivity index (χ2v) is 9.98. The predicted octanol–water partition coefficient (Wildman–Crippen LogP) is 4.42. The van der Waals surface area contributed by atoms with Gasteiger partial charge in [0.25, 0.3) is 5.89 Å². The molecule has 0 saturated carbocycles. The summed E-state index contributed by atoms with van der Waals surface area (Å²) >= 11 is 0. The van der Waals surface area contributed by atoms with Crippen molar-refractivity contribution >= 4 is 16.0 Å². The molecule has 1 saturated heterocycles. The lowest BCUT2D eigenvalue weighted by atomic mass is 10.1. The summed E-state index contributed by atoms with van der Waals surface area (Å²) in [5.74, 6) is -2.16. The first kappa shape index (κ1) is 24.0. The van der Waals surface area contributed by atoms with Gasteiger partial charge in [-0.2, -0.15) is 9.29 Å². The fourth-order valence-corrected chi connectivity index (χ4v) is 5.21. The normalized spacial score (nSPS) is 15.8. The number of ether oxygens (including phenoxy) is 1. The monoisotopic (exact) mass is 491 g/mol. The zero-order valence-electron chi connectivity index (χ0n) is 18.6. The number of sulfonamides is 1. The second kappa shape index (κ2) is 9.59. The van der Waals surface area contributed by atoms with E-state index >= 15 is 0 Å². The van der Waals surface area contributed by atoms with Crippen LogP contribution in [-0.2, 0) is 14.8 Å². The minimum atomic E-state index is -4.08. The number of hydrogen-bond acceptors (Lipinski definition) is 7. The number of halogens is 2. The Bertz CT molecular complexity index is 1320. The van der Waals surface area contributed by atoms with E-state index in [0.29, 0.717) is 37.1 Å². The van der Waals surface area contributed by atoms with Crippen LogP contribution < -0.4 is 0 Å². The maximum absolute atomic E-state index is 14.4. The van der Waals surface area contributed by atoms with E-state index in [0.717, 1.165) is 24.6 Å². The van der Waals surface area contributed by atoms with Crippen molar-refractivity contribution in [1.29, 1.82) is 0 Å². The average molecular weight is 492 g/mol. The van der Waals surface area contributed by atoms with Gasteiger partial charge < -0.3 is 9.26 Å². The van der Waals surface area contributed by atoms with Crippen LogP contribution in [0.4, 0.5) is 8.78 Å². The Morgan fingerprint density at radius 1 is 1.09 bits per heavy atom. The van der Waals surface area contributed by atoms with E-state index in [1.54, 1.807) is 19.1 Å². The van der Waals surface area contributed by atoms with Crippen LogP contribution in [0.15, 0.2) is 45.8 Å². The van der Waals surface area contributed by atoms with Crippen molar-refractivity contribution in [1.82, 2.24) is 14.4 Å². The molecule has 8 nitrogen and oxygen atoms in total. The summed E-state index contributed by atoms with van der Waals surface area (Å²) in [6.45, 7) is 3.72. The minimum absolute atomic E-state index is 0.0346. The van der Waals surface area contributed by atoms with Crippen LogP contribution >= 0.6 is 0 Å². The molecule has 34 heavy (non-hydrogen) atoms. The highest BCUT2D eigenvalue weighted by Crippen LogP contribution is 2.26. The lowest BCUT2D eigenvalue weighted by molar-refractivity contribution is 0.0265. The number of esters is 1. The van der Waals surface area contributed by atoms with E-state index in [4.69, 9.17) is 9.26 Å². The van der Waals surface area contributed by atoms with Crippen molar-refractivity contribution in [2.75, 3.05) is 13.1 Å². The van der Waals surface area contributed by atoms with Gasteiger partial charge in [-0.3, -0.25) is 0 Å². The van der Waals surface area contributed by atoms with Crippen LogP contribution in [-0.4, -0.2) is 41.9 Å². The summed E-state index contributed by atoms with van der Waals surface area (Å²) < 4.78 is 65.7. The number of hydrogen-bond donors (Lipinski definition) is 0. The van der Waals surface area contributed by atoms with Crippen LogP contribution in [0.5, 0.6) is 0 Å². The SMILES string of the molecule is Cc1ccc(-c2noc(C(C)OC(=O)c3ccc(F)c(S(=O)(=O)N4CCCCC4)c3)n2)cc1F. The Balaban J connectivity index is 1.51. The van der Waals surface area contributed by atoms with Gasteiger partial charge in [-0.1, -0.05) is 23.7 Å². The number of piperidine rings is 1. The Labute approximate surface area is 195 Å². The third kappa shape index (κ3) is 4.85. The third-order valence-corrected chi connectivity index (χ3v) is 7.52. The van der Waals surface area contributed by atoms with Gasteiger partial charge in [0, 0.05) is 18.7 Å². The molecule has 1 aromatic heterocycles. The Morgan fingerprint density at radius 3 is 2.53 bits per heavy atom. The lowest BCUT2D eigenvalue weighted by Crippen LogP contribution is -2.36. The average Bonchev–Trinajstić information content (AvgIpc) is 3.32. The molecular formula is C23H23F2N3O5S. The molecule has 0 radical (unpaired) electrons. The number of benzene rings is 2. The van der Waals surface area contributed by atoms with Crippen molar-refractivity contribution in [3.63, 3.8) is 0 Å². The molecule has 0 N–H and O–H groups in total. The highest BCUT2D eigenvalue weighted by Gasteiger charge is 2.30. The van der Waals surface area contributed by atoms with Crippen LogP contribution in [0.3, 0.4) is 0 Å². The number of aryl methyl sites for hydroxylation is 1. The zero-order valence-corrected chi connectivity index (χ0v) is 19.4. The number of carbonyl (C=O) groups excluding carboxylic acids is 1. The van der Waals surface area contributed by atoms with Crippen LogP contribution in [0.25, 0.3) is 11.4 Å². The topological polar surface area (TPSA) is 103 Å². The van der Waals surface area contributed by atoms with Crippen LogP contribution in [0, 0.1) is 18.6 Å². The van der Waals surface area contributed by atoms with E-state index in [-0.39, 0.29) is 17.3 Å². The highest BCUT2D eigenvalue weighted by atomic mass is 32.2. The molecule has 2 heterocycles. The molecular weight excluding hydrogens is 468 g/mol. The largest absolute Gasteiger partial charge is 0.449 e. The molecule has 1 atom stereocenters. The summed E-state index contributed by atoms with van der Waals surface area (Å²) in [6.07, 6.45) is 1.31. The second-order valence-electron chi connectivity index (χ2n) is 8.08. The molecule has 0 bridgehead atoms. The Kier molecular flexibility index (Phi) is 6.76. The first-order valence-electron chi connectivity index (χ1n) is 10.8. The van der Waals surface area contributed by atoms with Gasteiger partial charge in [0.05, 0.1) is 5.56 Å². The van der Waals surface area contributed by atoms with Crippen molar-refractivity contribution < 1.29 is 31.3 Å². The van der Waals surface area contributed by atoms with Gasteiger partial charge >= 0.3 is 5.97 Å². The summed E-state index contributed by atoms with van der Waals surface area (Å²) in [7, 11) is -4.08. The van der Waals surface area contributed by atoms with Crippen LogP contribution in [0.1, 0.15) is 54.1 Å². The van der Waals surface area contributed by atoms with E-state index < -0.39 is 38.6 Å². The van der Waals surface area contributed by atoms with E-state index in [1.807, 2.05) is 0 Å². The summed E-state index contributed by atoms with van der Waals surface area (Å²) in [6, 6.07) is 7.52. The molecule has 0 amide bonds. The van der Waals surface area contributed by atoms with Crippen molar-refractivity contribution in [2.45, 2.75) is 44.1 Å².